The van der Waals surface area contributed by atoms with Gasteiger partial charge >= 0.3 is 0 Å². The van der Waals surface area contributed by atoms with Crippen LogP contribution >= 0.6 is 12.2 Å². The van der Waals surface area contributed by atoms with E-state index in [0.29, 0.717) is 5.11 Å². The van der Waals surface area contributed by atoms with Gasteiger partial charge < -0.3 is 5.32 Å². The van der Waals surface area contributed by atoms with Crippen LogP contribution in [0.4, 0.5) is 0 Å². The highest BCUT2D eigenvalue weighted by atomic mass is 32.1. The number of rotatable bonds is 5. The zero-order valence-corrected chi connectivity index (χ0v) is 11.0. The lowest BCUT2D eigenvalue weighted by Crippen LogP contribution is -2.29. The SMILES string of the molecule is CCCCCC1=CCC/C1=N\NC(=S)NC. The van der Waals surface area contributed by atoms with E-state index in [-0.39, 0.29) is 0 Å². The second-order valence-electron chi connectivity index (χ2n) is 3.97. The van der Waals surface area contributed by atoms with Crippen LogP contribution in [0, 0.1) is 0 Å². The van der Waals surface area contributed by atoms with Crippen molar-refractivity contribution in [3.05, 3.63) is 11.6 Å². The molecule has 0 spiro atoms. The number of thiocarbonyl (C=S) groups is 1. The smallest absolute Gasteiger partial charge is 0.186 e. The van der Waals surface area contributed by atoms with Crippen LogP contribution in [0.3, 0.4) is 0 Å². The van der Waals surface area contributed by atoms with Gasteiger partial charge in [-0.15, -0.1) is 0 Å². The van der Waals surface area contributed by atoms with Crippen LogP contribution in [0.5, 0.6) is 0 Å². The van der Waals surface area contributed by atoms with E-state index in [1.165, 1.54) is 30.5 Å². The normalized spacial score (nSPS) is 17.4. The van der Waals surface area contributed by atoms with Crippen molar-refractivity contribution in [3.63, 3.8) is 0 Å². The first-order chi connectivity index (χ1) is 7.77. The molecule has 0 unspecified atom stereocenters. The van der Waals surface area contributed by atoms with Crippen molar-refractivity contribution in [2.75, 3.05) is 7.05 Å². The summed E-state index contributed by atoms with van der Waals surface area (Å²) in [5.74, 6) is 0. The van der Waals surface area contributed by atoms with Gasteiger partial charge in [0, 0.05) is 7.05 Å². The Labute approximate surface area is 103 Å². The summed E-state index contributed by atoms with van der Waals surface area (Å²) in [6, 6.07) is 0. The first-order valence-electron chi connectivity index (χ1n) is 6.01. The summed E-state index contributed by atoms with van der Waals surface area (Å²) in [7, 11) is 1.79. The Balaban J connectivity index is 2.41. The summed E-state index contributed by atoms with van der Waals surface area (Å²) < 4.78 is 0. The summed E-state index contributed by atoms with van der Waals surface area (Å²) in [5, 5.41) is 7.77. The van der Waals surface area contributed by atoms with Gasteiger partial charge in [0.2, 0.25) is 0 Å². The van der Waals surface area contributed by atoms with Crippen LogP contribution in [0.2, 0.25) is 0 Å². The monoisotopic (exact) mass is 239 g/mol. The van der Waals surface area contributed by atoms with Gasteiger partial charge in [0.05, 0.1) is 5.71 Å². The highest BCUT2D eigenvalue weighted by molar-refractivity contribution is 7.80. The minimum atomic E-state index is 0.576. The van der Waals surface area contributed by atoms with E-state index in [1.807, 2.05) is 0 Å². The van der Waals surface area contributed by atoms with Crippen LogP contribution in [0.25, 0.3) is 0 Å². The number of unbranched alkanes of at least 4 members (excludes halogenated alkanes) is 2. The van der Waals surface area contributed by atoms with Crippen molar-refractivity contribution >= 4 is 23.0 Å². The van der Waals surface area contributed by atoms with Gasteiger partial charge in [-0.1, -0.05) is 25.8 Å². The molecule has 0 aromatic rings. The number of allylic oxidation sites excluding steroid dienone is 2. The maximum atomic E-state index is 4.99. The minimum absolute atomic E-state index is 0.576. The Morgan fingerprint density at radius 1 is 1.50 bits per heavy atom. The fourth-order valence-corrected chi connectivity index (χ4v) is 1.82. The van der Waals surface area contributed by atoms with E-state index in [2.05, 4.69) is 28.8 Å². The molecular formula is C12H21N3S. The van der Waals surface area contributed by atoms with Crippen molar-refractivity contribution in [2.45, 2.75) is 45.4 Å². The average molecular weight is 239 g/mol. The van der Waals surface area contributed by atoms with Crippen LogP contribution in [-0.2, 0) is 0 Å². The van der Waals surface area contributed by atoms with E-state index in [4.69, 9.17) is 12.2 Å². The van der Waals surface area contributed by atoms with E-state index in [1.54, 1.807) is 7.05 Å². The lowest BCUT2D eigenvalue weighted by Gasteiger charge is -2.06. The maximum Gasteiger partial charge on any atom is 0.186 e. The van der Waals surface area contributed by atoms with Crippen molar-refractivity contribution in [1.29, 1.82) is 0 Å². The first kappa shape index (κ1) is 13.2. The van der Waals surface area contributed by atoms with Crippen molar-refractivity contribution < 1.29 is 0 Å². The van der Waals surface area contributed by atoms with E-state index in [9.17, 15) is 0 Å². The van der Waals surface area contributed by atoms with Crippen molar-refractivity contribution in [1.82, 2.24) is 10.7 Å². The van der Waals surface area contributed by atoms with Crippen LogP contribution in [0.15, 0.2) is 16.8 Å². The summed E-state index contributed by atoms with van der Waals surface area (Å²) in [6.45, 7) is 2.23. The molecule has 0 saturated carbocycles. The number of hydrogen-bond donors (Lipinski definition) is 2. The predicted molar refractivity (Wildman–Crippen MR) is 73.7 cm³/mol. The molecule has 0 heterocycles. The fourth-order valence-electron chi connectivity index (χ4n) is 1.78. The molecule has 0 aromatic heterocycles. The molecule has 1 aliphatic carbocycles. The van der Waals surface area contributed by atoms with Gasteiger partial charge in [-0.25, -0.2) is 0 Å². The van der Waals surface area contributed by atoms with Gasteiger partial charge in [0.25, 0.3) is 0 Å². The van der Waals surface area contributed by atoms with E-state index < -0.39 is 0 Å². The second kappa shape index (κ2) is 7.39. The molecular weight excluding hydrogens is 218 g/mol. The Kier molecular flexibility index (Phi) is 6.08. The largest absolute Gasteiger partial charge is 0.364 e. The molecule has 0 amide bonds. The quantitative estimate of drug-likeness (QED) is 0.440. The fraction of sp³-hybridized carbons (Fsp3) is 0.667. The molecule has 0 fully saturated rings. The third kappa shape index (κ3) is 4.31. The molecule has 0 atom stereocenters. The number of nitrogens with zero attached hydrogens (tertiary/aromatic N) is 1. The molecule has 90 valence electrons. The molecule has 0 aliphatic heterocycles. The van der Waals surface area contributed by atoms with Gasteiger partial charge in [0.1, 0.15) is 0 Å². The summed E-state index contributed by atoms with van der Waals surface area (Å²) in [5.41, 5.74) is 5.44. The van der Waals surface area contributed by atoms with Crippen molar-refractivity contribution in [2.24, 2.45) is 5.10 Å². The minimum Gasteiger partial charge on any atom is -0.364 e. The second-order valence-corrected chi connectivity index (χ2v) is 4.38. The summed E-state index contributed by atoms with van der Waals surface area (Å²) >= 11 is 4.99. The zero-order valence-electron chi connectivity index (χ0n) is 10.2. The number of hydrogen-bond acceptors (Lipinski definition) is 2. The first-order valence-corrected chi connectivity index (χ1v) is 6.42. The lowest BCUT2D eigenvalue weighted by molar-refractivity contribution is 0.722. The predicted octanol–water partition coefficient (Wildman–Crippen LogP) is 2.74. The molecule has 0 bridgehead atoms. The lowest BCUT2D eigenvalue weighted by atomic mass is 10.1. The third-order valence-corrected chi connectivity index (χ3v) is 3.01. The number of nitrogens with one attached hydrogen (secondary N) is 2. The van der Waals surface area contributed by atoms with Crippen LogP contribution < -0.4 is 10.7 Å². The van der Waals surface area contributed by atoms with Gasteiger partial charge in [0.15, 0.2) is 5.11 Å². The highest BCUT2D eigenvalue weighted by Crippen LogP contribution is 2.20. The molecule has 16 heavy (non-hydrogen) atoms. The standard InChI is InChI=1S/C12H21N3S/c1-3-4-5-7-10-8-6-9-11(10)14-15-12(16)13-2/h8H,3-7,9H2,1-2H3,(H2,13,15,16)/b14-11+. The maximum absolute atomic E-state index is 4.99. The molecule has 0 aromatic carbocycles. The molecule has 2 N–H and O–H groups in total. The molecule has 1 aliphatic rings. The Morgan fingerprint density at radius 3 is 3.00 bits per heavy atom. The average Bonchev–Trinajstić information content (AvgIpc) is 2.74. The molecule has 3 nitrogen and oxygen atoms in total. The highest BCUT2D eigenvalue weighted by Gasteiger charge is 2.12. The van der Waals surface area contributed by atoms with E-state index in [0.717, 1.165) is 19.3 Å². The third-order valence-electron chi connectivity index (χ3n) is 2.71. The molecule has 4 heteroatoms. The summed E-state index contributed by atoms with van der Waals surface area (Å²) in [4.78, 5) is 0. The molecule has 1 rings (SSSR count). The Hall–Kier alpha value is -0.900. The number of hydrazone groups is 1. The Morgan fingerprint density at radius 2 is 2.31 bits per heavy atom. The summed E-state index contributed by atoms with van der Waals surface area (Å²) in [6.07, 6.45) is 9.45. The van der Waals surface area contributed by atoms with Gasteiger partial charge in [-0.3, -0.25) is 5.43 Å². The topological polar surface area (TPSA) is 36.4 Å². The Bertz CT molecular complexity index is 295. The van der Waals surface area contributed by atoms with Crippen LogP contribution in [-0.4, -0.2) is 17.9 Å². The van der Waals surface area contributed by atoms with E-state index >= 15 is 0 Å². The zero-order chi connectivity index (χ0) is 11.8. The van der Waals surface area contributed by atoms with Crippen LogP contribution in [0.1, 0.15) is 45.4 Å². The molecule has 0 saturated heterocycles. The van der Waals surface area contributed by atoms with Gasteiger partial charge in [-0.05, 0) is 43.5 Å². The van der Waals surface area contributed by atoms with Crippen molar-refractivity contribution in [3.8, 4) is 0 Å². The van der Waals surface area contributed by atoms with Gasteiger partial charge in [-0.2, -0.15) is 5.10 Å². The molecule has 0 radical (unpaired) electrons.